The van der Waals surface area contributed by atoms with E-state index in [1.807, 2.05) is 27.2 Å². The number of likely N-dealkylation sites (N-methyl/N-ethyl adjacent to an activating group) is 1. The van der Waals surface area contributed by atoms with Crippen molar-refractivity contribution in [2.75, 3.05) is 40.9 Å². The van der Waals surface area contributed by atoms with Crippen LogP contribution in [0.5, 0.6) is 0 Å². The fourth-order valence-corrected chi connectivity index (χ4v) is 7.97. The van der Waals surface area contributed by atoms with Gasteiger partial charge in [-0.1, -0.05) is 218 Å². The molecule has 0 bridgehead atoms. The molecule has 0 fully saturated rings. The molecule has 9 heteroatoms. The number of nitrogens with zero attached hydrogens (tertiary/aromatic N) is 1. The Labute approximate surface area is 360 Å². The Kier molecular flexibility index (Phi) is 40.6. The molecule has 0 aromatic carbocycles. The second-order valence-corrected chi connectivity index (χ2v) is 19.6. The van der Waals surface area contributed by atoms with Gasteiger partial charge in [-0.05, 0) is 32.1 Å². The molecule has 0 aliphatic carbocycles. The first-order chi connectivity index (χ1) is 28.0. The number of carbonyl (C=O) groups excluding carboxylic acids is 1. The molecule has 0 saturated heterocycles. The fraction of sp³-hybridized carbons (Fsp3) is 0.898. The summed E-state index contributed by atoms with van der Waals surface area (Å²) in [6.07, 6.45) is 49.7. The molecule has 1 amide bonds. The second-order valence-electron chi connectivity index (χ2n) is 18.2. The third-order valence-electron chi connectivity index (χ3n) is 11.2. The van der Waals surface area contributed by atoms with Crippen LogP contribution in [0.3, 0.4) is 0 Å². The molecule has 344 valence electrons. The number of phosphoric ester groups is 1. The molecule has 0 rings (SSSR count). The van der Waals surface area contributed by atoms with Gasteiger partial charge in [-0.2, -0.15) is 0 Å². The lowest BCUT2D eigenvalue weighted by Gasteiger charge is -2.25. The molecular weight excluding hydrogens is 744 g/mol. The number of phosphoric acid groups is 1. The van der Waals surface area contributed by atoms with E-state index in [4.69, 9.17) is 9.05 Å². The second kappa shape index (κ2) is 41.3. The van der Waals surface area contributed by atoms with Crippen LogP contribution < -0.4 is 5.32 Å². The lowest BCUT2D eigenvalue weighted by molar-refractivity contribution is -0.870. The largest absolute Gasteiger partial charge is 0.472 e. The average molecular weight is 842 g/mol. The number of quaternary nitrogens is 1. The quantitative estimate of drug-likeness (QED) is 0.0244. The Bertz CT molecular complexity index is 1000. The topological polar surface area (TPSA) is 105 Å². The number of hydrogen-bond acceptors (Lipinski definition) is 5. The van der Waals surface area contributed by atoms with E-state index in [9.17, 15) is 19.4 Å². The van der Waals surface area contributed by atoms with Crippen molar-refractivity contribution in [1.29, 1.82) is 0 Å². The van der Waals surface area contributed by atoms with E-state index in [1.165, 1.54) is 173 Å². The van der Waals surface area contributed by atoms with Crippen molar-refractivity contribution in [2.45, 2.75) is 244 Å². The van der Waals surface area contributed by atoms with Crippen LogP contribution >= 0.6 is 7.82 Å². The van der Waals surface area contributed by atoms with Crippen LogP contribution in [-0.2, 0) is 18.4 Å². The van der Waals surface area contributed by atoms with Crippen LogP contribution in [0.4, 0.5) is 0 Å². The third-order valence-corrected chi connectivity index (χ3v) is 12.2. The summed E-state index contributed by atoms with van der Waals surface area (Å²) in [5.74, 6) is -0.183. The molecule has 8 nitrogen and oxygen atoms in total. The number of carbonyl (C=O) groups is 1. The summed E-state index contributed by atoms with van der Waals surface area (Å²) >= 11 is 0. The van der Waals surface area contributed by atoms with Gasteiger partial charge in [-0.15, -0.1) is 0 Å². The summed E-state index contributed by atoms with van der Waals surface area (Å²) in [7, 11) is 1.56. The highest BCUT2D eigenvalue weighted by atomic mass is 31.2. The first-order valence-corrected chi connectivity index (χ1v) is 26.2. The number of aliphatic hydroxyl groups is 1. The summed E-state index contributed by atoms with van der Waals surface area (Å²) in [4.78, 5) is 23.2. The molecule has 0 saturated carbocycles. The zero-order valence-electron chi connectivity index (χ0n) is 39.0. The zero-order valence-corrected chi connectivity index (χ0v) is 39.9. The smallest absolute Gasteiger partial charge is 0.387 e. The van der Waals surface area contributed by atoms with Crippen molar-refractivity contribution in [3.63, 3.8) is 0 Å². The van der Waals surface area contributed by atoms with Crippen LogP contribution in [0, 0.1) is 0 Å². The molecular formula is C49H98N2O6P+. The number of aliphatic hydroxyl groups excluding tert-OH is 1. The van der Waals surface area contributed by atoms with Gasteiger partial charge in [0.05, 0.1) is 39.9 Å². The summed E-state index contributed by atoms with van der Waals surface area (Å²) in [5, 5.41) is 13.9. The minimum absolute atomic E-state index is 0.0585. The van der Waals surface area contributed by atoms with Crippen molar-refractivity contribution in [3.05, 3.63) is 24.3 Å². The Hall–Kier alpha value is -1.02. The lowest BCUT2D eigenvalue weighted by Crippen LogP contribution is -2.45. The van der Waals surface area contributed by atoms with Crippen molar-refractivity contribution in [2.24, 2.45) is 0 Å². The van der Waals surface area contributed by atoms with Crippen LogP contribution in [-0.4, -0.2) is 73.4 Å². The van der Waals surface area contributed by atoms with Crippen molar-refractivity contribution in [3.8, 4) is 0 Å². The van der Waals surface area contributed by atoms with E-state index in [0.29, 0.717) is 17.4 Å². The van der Waals surface area contributed by atoms with Crippen LogP contribution in [0.25, 0.3) is 0 Å². The van der Waals surface area contributed by atoms with E-state index in [2.05, 4.69) is 31.3 Å². The van der Waals surface area contributed by atoms with Gasteiger partial charge >= 0.3 is 7.82 Å². The number of unbranched alkanes of at least 4 members (excludes halogenated alkanes) is 30. The minimum atomic E-state index is -4.34. The Balaban J connectivity index is 4.37. The number of rotatable bonds is 45. The van der Waals surface area contributed by atoms with Gasteiger partial charge in [0.1, 0.15) is 13.2 Å². The molecule has 0 aliphatic heterocycles. The number of nitrogens with one attached hydrogen (secondary N) is 1. The van der Waals surface area contributed by atoms with Gasteiger partial charge in [0, 0.05) is 6.42 Å². The maximum atomic E-state index is 12.9. The van der Waals surface area contributed by atoms with Gasteiger partial charge < -0.3 is 19.8 Å². The van der Waals surface area contributed by atoms with Gasteiger partial charge in [0.15, 0.2) is 0 Å². The zero-order chi connectivity index (χ0) is 42.8. The number of allylic oxidation sites excluding steroid dienone is 3. The monoisotopic (exact) mass is 842 g/mol. The maximum absolute atomic E-state index is 12.9. The van der Waals surface area contributed by atoms with E-state index < -0.39 is 20.0 Å². The molecule has 3 N–H and O–H groups in total. The predicted octanol–water partition coefficient (Wildman–Crippen LogP) is 14.1. The van der Waals surface area contributed by atoms with E-state index in [1.54, 1.807) is 6.08 Å². The van der Waals surface area contributed by atoms with Crippen molar-refractivity contribution < 1.29 is 32.9 Å². The van der Waals surface area contributed by atoms with Crippen LogP contribution in [0.1, 0.15) is 232 Å². The van der Waals surface area contributed by atoms with Gasteiger partial charge in [-0.3, -0.25) is 13.8 Å². The van der Waals surface area contributed by atoms with Crippen LogP contribution in [0.15, 0.2) is 24.3 Å². The molecule has 0 aromatic heterocycles. The normalized spacial score (nSPS) is 14.4. The van der Waals surface area contributed by atoms with E-state index >= 15 is 0 Å². The average Bonchev–Trinajstić information content (AvgIpc) is 3.17. The van der Waals surface area contributed by atoms with Crippen molar-refractivity contribution in [1.82, 2.24) is 5.32 Å². The molecule has 0 heterocycles. The van der Waals surface area contributed by atoms with Gasteiger partial charge in [-0.25, -0.2) is 4.57 Å². The first-order valence-electron chi connectivity index (χ1n) is 24.7. The Morgan fingerprint density at radius 3 is 1.38 bits per heavy atom. The molecule has 0 aromatic rings. The third kappa shape index (κ3) is 43.1. The maximum Gasteiger partial charge on any atom is 0.472 e. The van der Waals surface area contributed by atoms with Crippen LogP contribution in [0.2, 0.25) is 0 Å². The number of hydrogen-bond donors (Lipinski definition) is 3. The van der Waals surface area contributed by atoms with E-state index in [0.717, 1.165) is 38.5 Å². The lowest BCUT2D eigenvalue weighted by atomic mass is 10.0. The highest BCUT2D eigenvalue weighted by Crippen LogP contribution is 2.43. The van der Waals surface area contributed by atoms with E-state index in [-0.39, 0.29) is 19.1 Å². The molecule has 3 atom stereocenters. The molecule has 0 spiro atoms. The Morgan fingerprint density at radius 2 is 0.948 bits per heavy atom. The summed E-state index contributed by atoms with van der Waals surface area (Å²) < 4.78 is 23.6. The Morgan fingerprint density at radius 1 is 0.569 bits per heavy atom. The molecule has 0 aliphatic rings. The molecule has 0 radical (unpaired) electrons. The fourth-order valence-electron chi connectivity index (χ4n) is 7.23. The summed E-state index contributed by atoms with van der Waals surface area (Å²) in [6, 6.07) is -0.858. The van der Waals surface area contributed by atoms with Gasteiger partial charge in [0.25, 0.3) is 0 Å². The highest BCUT2D eigenvalue weighted by Gasteiger charge is 2.27. The predicted molar refractivity (Wildman–Crippen MR) is 249 cm³/mol. The standard InChI is InChI=1S/C49H97N2O6P/c1-6-8-10-12-14-16-18-20-22-24-26-28-30-32-34-36-38-40-42-48(52)47(46-57-58(54,55)56-45-44-51(3,4)5)50-49(53)43-41-39-37-35-33-31-29-27-25-23-21-19-17-15-13-11-9-7-2/h32,34,40,42,47-48,52H,6-31,33,35-39,41,43-46H2,1-5H3,(H-,50,53,54,55)/p+1/b34-32+,42-40+. The summed E-state index contributed by atoms with van der Waals surface area (Å²) in [5.41, 5.74) is 0. The van der Waals surface area contributed by atoms with Crippen molar-refractivity contribution >= 4 is 13.7 Å². The molecule has 3 unspecified atom stereocenters. The number of amides is 1. The minimum Gasteiger partial charge on any atom is -0.387 e. The van der Waals surface area contributed by atoms with Gasteiger partial charge in [0.2, 0.25) is 5.91 Å². The first kappa shape index (κ1) is 57.0. The summed E-state index contributed by atoms with van der Waals surface area (Å²) in [6.45, 7) is 4.82. The molecule has 58 heavy (non-hydrogen) atoms. The SMILES string of the molecule is CCCCCCCCCCCCCC/C=C/CC/C=C/C(O)C(COP(=O)(O)OCC[N+](C)(C)C)NC(=O)CCCCCCCCCCCCCCCCCCCC. The highest BCUT2D eigenvalue weighted by molar-refractivity contribution is 7.47.